The molecule has 0 fully saturated rings. The fourth-order valence-corrected chi connectivity index (χ4v) is 4.82. The number of fused-ring (bicyclic) bond motifs is 1. The lowest BCUT2D eigenvalue weighted by atomic mass is 10.3. The lowest BCUT2D eigenvalue weighted by Crippen LogP contribution is -2.35. The largest absolute Gasteiger partial charge is 0.368 e. The summed E-state index contributed by atoms with van der Waals surface area (Å²) < 4.78 is 0. The van der Waals surface area contributed by atoms with E-state index in [2.05, 4.69) is 9.97 Å². The SMILES string of the molecule is O=C1C2=C(SCCS2)C(O)N1c1ccc2cccnc2n1. The van der Waals surface area contributed by atoms with E-state index in [-0.39, 0.29) is 5.91 Å². The number of pyridine rings is 2. The van der Waals surface area contributed by atoms with Crippen molar-refractivity contribution in [1.29, 1.82) is 0 Å². The molecule has 7 heteroatoms. The number of aliphatic hydroxyl groups excluding tert-OH is 1. The molecule has 0 saturated heterocycles. The van der Waals surface area contributed by atoms with Crippen molar-refractivity contribution in [3.05, 3.63) is 40.3 Å². The van der Waals surface area contributed by atoms with Gasteiger partial charge in [-0.1, -0.05) is 0 Å². The van der Waals surface area contributed by atoms with Crippen molar-refractivity contribution in [3.8, 4) is 0 Å². The van der Waals surface area contributed by atoms with E-state index in [1.54, 1.807) is 24.0 Å². The van der Waals surface area contributed by atoms with Crippen LogP contribution in [-0.2, 0) is 4.79 Å². The maximum absolute atomic E-state index is 12.5. The number of carbonyl (C=O) groups excluding carboxylic acids is 1. The number of aliphatic hydroxyl groups is 1. The molecule has 106 valence electrons. The smallest absolute Gasteiger partial charge is 0.269 e. The summed E-state index contributed by atoms with van der Waals surface area (Å²) >= 11 is 3.06. The summed E-state index contributed by atoms with van der Waals surface area (Å²) in [5, 5.41) is 11.3. The minimum atomic E-state index is -0.932. The number of amides is 1. The second kappa shape index (κ2) is 5.01. The topological polar surface area (TPSA) is 66.3 Å². The predicted molar refractivity (Wildman–Crippen MR) is 85.0 cm³/mol. The van der Waals surface area contributed by atoms with Gasteiger partial charge in [0, 0.05) is 23.1 Å². The van der Waals surface area contributed by atoms with Gasteiger partial charge >= 0.3 is 0 Å². The van der Waals surface area contributed by atoms with Crippen LogP contribution in [0.25, 0.3) is 11.0 Å². The van der Waals surface area contributed by atoms with E-state index < -0.39 is 6.23 Å². The molecule has 0 spiro atoms. The number of rotatable bonds is 1. The van der Waals surface area contributed by atoms with Crippen LogP contribution in [0.3, 0.4) is 0 Å². The first kappa shape index (κ1) is 13.1. The molecule has 1 amide bonds. The molecule has 1 atom stereocenters. The zero-order valence-electron chi connectivity index (χ0n) is 10.9. The lowest BCUT2D eigenvalue weighted by molar-refractivity contribution is -0.115. The summed E-state index contributed by atoms with van der Waals surface area (Å²) in [5.74, 6) is 2.07. The van der Waals surface area contributed by atoms with E-state index in [0.29, 0.717) is 16.4 Å². The molecule has 0 bridgehead atoms. The molecule has 2 aromatic heterocycles. The van der Waals surface area contributed by atoms with Gasteiger partial charge in [0.15, 0.2) is 11.9 Å². The van der Waals surface area contributed by atoms with Crippen molar-refractivity contribution in [2.45, 2.75) is 6.23 Å². The Kier molecular flexibility index (Phi) is 3.13. The van der Waals surface area contributed by atoms with E-state index in [4.69, 9.17) is 0 Å². The van der Waals surface area contributed by atoms with Crippen molar-refractivity contribution in [2.75, 3.05) is 16.4 Å². The first-order chi connectivity index (χ1) is 10.3. The van der Waals surface area contributed by atoms with Crippen LogP contribution in [0.5, 0.6) is 0 Å². The Morgan fingerprint density at radius 2 is 2.10 bits per heavy atom. The number of aromatic nitrogens is 2. The molecule has 4 heterocycles. The summed E-state index contributed by atoms with van der Waals surface area (Å²) in [4.78, 5) is 23.9. The molecule has 1 unspecified atom stereocenters. The molecular formula is C14H11N3O2S2. The third kappa shape index (κ3) is 2.04. The molecule has 4 rings (SSSR count). The molecule has 5 nitrogen and oxygen atoms in total. The number of carbonyl (C=O) groups is 1. The Balaban J connectivity index is 1.77. The number of nitrogens with zero attached hydrogens (tertiary/aromatic N) is 3. The quantitative estimate of drug-likeness (QED) is 0.867. The molecule has 2 aromatic rings. The Morgan fingerprint density at radius 1 is 1.24 bits per heavy atom. The highest BCUT2D eigenvalue weighted by Gasteiger charge is 2.41. The second-order valence-electron chi connectivity index (χ2n) is 4.66. The van der Waals surface area contributed by atoms with E-state index in [1.165, 1.54) is 16.7 Å². The van der Waals surface area contributed by atoms with E-state index in [9.17, 15) is 9.90 Å². The number of thioether (sulfide) groups is 2. The minimum absolute atomic E-state index is 0.169. The maximum Gasteiger partial charge on any atom is 0.269 e. The van der Waals surface area contributed by atoms with Gasteiger partial charge in [-0.3, -0.25) is 9.69 Å². The van der Waals surface area contributed by atoms with Gasteiger partial charge in [-0.2, -0.15) is 0 Å². The zero-order chi connectivity index (χ0) is 14.4. The van der Waals surface area contributed by atoms with Gasteiger partial charge in [-0.25, -0.2) is 9.97 Å². The highest BCUT2D eigenvalue weighted by Crippen LogP contribution is 2.43. The van der Waals surface area contributed by atoms with E-state index >= 15 is 0 Å². The van der Waals surface area contributed by atoms with Gasteiger partial charge in [0.1, 0.15) is 5.82 Å². The number of anilines is 1. The van der Waals surface area contributed by atoms with Gasteiger partial charge in [-0.15, -0.1) is 23.5 Å². The first-order valence-electron chi connectivity index (χ1n) is 6.49. The van der Waals surface area contributed by atoms with E-state index in [0.717, 1.165) is 21.8 Å². The maximum atomic E-state index is 12.5. The third-order valence-corrected chi connectivity index (χ3v) is 6.01. The lowest BCUT2D eigenvalue weighted by Gasteiger charge is -2.21. The van der Waals surface area contributed by atoms with Gasteiger partial charge in [0.2, 0.25) is 0 Å². The van der Waals surface area contributed by atoms with Crippen LogP contribution in [0.4, 0.5) is 5.82 Å². The predicted octanol–water partition coefficient (Wildman–Crippen LogP) is 1.99. The third-order valence-electron chi connectivity index (χ3n) is 3.40. The minimum Gasteiger partial charge on any atom is -0.368 e. The molecule has 0 radical (unpaired) electrons. The van der Waals surface area contributed by atoms with Gasteiger partial charge in [0.25, 0.3) is 5.91 Å². The fourth-order valence-electron chi connectivity index (χ4n) is 2.44. The summed E-state index contributed by atoms with van der Waals surface area (Å²) in [7, 11) is 0. The Labute approximate surface area is 129 Å². The molecule has 0 aliphatic carbocycles. The summed E-state index contributed by atoms with van der Waals surface area (Å²) in [6, 6.07) is 7.37. The van der Waals surface area contributed by atoms with E-state index in [1.807, 2.05) is 18.2 Å². The molecule has 2 aliphatic heterocycles. The van der Waals surface area contributed by atoms with Gasteiger partial charge in [-0.05, 0) is 24.3 Å². The van der Waals surface area contributed by atoms with Crippen LogP contribution in [0, 0.1) is 0 Å². The normalized spacial score (nSPS) is 22.0. The van der Waals surface area contributed by atoms with Crippen molar-refractivity contribution in [3.63, 3.8) is 0 Å². The zero-order valence-corrected chi connectivity index (χ0v) is 12.5. The Bertz CT molecular complexity index is 778. The first-order valence-corrected chi connectivity index (χ1v) is 8.46. The van der Waals surface area contributed by atoms with Gasteiger partial charge in [0.05, 0.1) is 9.81 Å². The Hall–Kier alpha value is -1.57. The van der Waals surface area contributed by atoms with Crippen LogP contribution in [0.1, 0.15) is 0 Å². The molecule has 2 aliphatic rings. The second-order valence-corrected chi connectivity index (χ2v) is 6.90. The number of hydrogen-bond donors (Lipinski definition) is 1. The van der Waals surface area contributed by atoms with Gasteiger partial charge < -0.3 is 5.11 Å². The van der Waals surface area contributed by atoms with Crippen LogP contribution < -0.4 is 4.90 Å². The summed E-state index contributed by atoms with van der Waals surface area (Å²) in [5.41, 5.74) is 0.570. The van der Waals surface area contributed by atoms with Crippen LogP contribution >= 0.6 is 23.5 Å². The van der Waals surface area contributed by atoms with Crippen LogP contribution in [-0.4, -0.2) is 38.7 Å². The number of hydrogen-bond acceptors (Lipinski definition) is 6. The highest BCUT2D eigenvalue weighted by molar-refractivity contribution is 8.10. The molecule has 0 aromatic carbocycles. The molecule has 1 N–H and O–H groups in total. The van der Waals surface area contributed by atoms with Crippen molar-refractivity contribution < 1.29 is 9.90 Å². The standard InChI is InChI=1S/C14H11N3O2S2/c18-13-10-11(21-7-6-20-10)14(19)17(13)9-4-3-8-2-1-5-15-12(8)16-9/h1-5,13,18H,6-7H2. The van der Waals surface area contributed by atoms with Crippen LogP contribution in [0.2, 0.25) is 0 Å². The highest BCUT2D eigenvalue weighted by atomic mass is 32.2. The molecule has 0 saturated carbocycles. The van der Waals surface area contributed by atoms with Crippen molar-refractivity contribution in [1.82, 2.24) is 9.97 Å². The monoisotopic (exact) mass is 317 g/mol. The average molecular weight is 317 g/mol. The van der Waals surface area contributed by atoms with Crippen molar-refractivity contribution >= 4 is 46.3 Å². The Morgan fingerprint density at radius 3 is 2.95 bits per heavy atom. The summed E-state index contributed by atoms with van der Waals surface area (Å²) in [6.07, 6.45) is 0.732. The average Bonchev–Trinajstić information content (AvgIpc) is 2.79. The molecular weight excluding hydrogens is 306 g/mol. The summed E-state index contributed by atoms with van der Waals surface area (Å²) in [6.45, 7) is 0. The van der Waals surface area contributed by atoms with Crippen molar-refractivity contribution in [2.24, 2.45) is 0 Å². The fraction of sp³-hybridized carbons (Fsp3) is 0.214. The van der Waals surface area contributed by atoms with Crippen LogP contribution in [0.15, 0.2) is 40.3 Å². The molecule has 21 heavy (non-hydrogen) atoms.